The minimum absolute atomic E-state index is 0.141. The Morgan fingerprint density at radius 2 is 2.19 bits per heavy atom. The second kappa shape index (κ2) is 5.11. The van der Waals surface area contributed by atoms with Gasteiger partial charge in [0.05, 0.1) is 24.2 Å². The van der Waals surface area contributed by atoms with Crippen molar-refractivity contribution >= 4 is 15.8 Å². The van der Waals surface area contributed by atoms with Crippen LogP contribution >= 0.6 is 0 Å². The third-order valence-corrected chi connectivity index (χ3v) is 4.14. The van der Waals surface area contributed by atoms with Gasteiger partial charge in [-0.3, -0.25) is 10.1 Å². The highest BCUT2D eigenvalue weighted by Crippen LogP contribution is 2.13. The van der Waals surface area contributed by atoms with Gasteiger partial charge in [-0.15, -0.1) is 0 Å². The number of nitrogens with one attached hydrogen (secondary N) is 1. The molecule has 2 N–H and O–H groups in total. The molecule has 0 bridgehead atoms. The Balaban J connectivity index is 2.52. The molecule has 6 nitrogen and oxygen atoms in total. The number of esters is 1. The molecule has 1 fully saturated rings. The number of aliphatic hydroxyl groups excluding tert-OH is 1. The summed E-state index contributed by atoms with van der Waals surface area (Å²) in [5, 5.41) is 12.3. The van der Waals surface area contributed by atoms with Crippen LogP contribution in [-0.2, 0) is 19.4 Å². The monoisotopic (exact) mass is 251 g/mol. The molecule has 3 unspecified atom stereocenters. The molecule has 0 radical (unpaired) electrons. The van der Waals surface area contributed by atoms with Crippen molar-refractivity contribution in [2.45, 2.75) is 32.0 Å². The maximum Gasteiger partial charge on any atom is 0.322 e. The minimum Gasteiger partial charge on any atom is -0.465 e. The summed E-state index contributed by atoms with van der Waals surface area (Å²) in [6.07, 6.45) is -0.957. The van der Waals surface area contributed by atoms with Gasteiger partial charge in [-0.1, -0.05) is 0 Å². The summed E-state index contributed by atoms with van der Waals surface area (Å²) in [7, 11) is -3.19. The molecule has 1 saturated heterocycles. The van der Waals surface area contributed by atoms with Gasteiger partial charge in [0.1, 0.15) is 6.04 Å². The number of aliphatic hydroxyl groups is 1. The van der Waals surface area contributed by atoms with Crippen LogP contribution in [0, 0.1) is 0 Å². The molecule has 0 aromatic rings. The molecule has 0 aromatic heterocycles. The molecule has 1 heterocycles. The summed E-state index contributed by atoms with van der Waals surface area (Å²) in [5.41, 5.74) is 0. The van der Waals surface area contributed by atoms with Crippen LogP contribution < -0.4 is 5.32 Å². The molecule has 1 aliphatic heterocycles. The Morgan fingerprint density at radius 3 is 2.62 bits per heavy atom. The van der Waals surface area contributed by atoms with Crippen molar-refractivity contribution in [1.82, 2.24) is 5.32 Å². The topological polar surface area (TPSA) is 92.7 Å². The number of sulfone groups is 1. The normalized spacial score (nSPS) is 29.9. The molecule has 0 aromatic carbocycles. The first-order valence-electron chi connectivity index (χ1n) is 5.17. The summed E-state index contributed by atoms with van der Waals surface area (Å²) >= 11 is 0. The molecule has 94 valence electrons. The van der Waals surface area contributed by atoms with Crippen LogP contribution in [0.3, 0.4) is 0 Å². The summed E-state index contributed by atoms with van der Waals surface area (Å²) in [6, 6.07) is -1.21. The van der Waals surface area contributed by atoms with Crippen LogP contribution in [0.1, 0.15) is 13.8 Å². The first-order valence-corrected chi connectivity index (χ1v) is 6.99. The predicted octanol–water partition coefficient (Wildman–Crippen LogP) is -1.31. The van der Waals surface area contributed by atoms with Crippen molar-refractivity contribution in [3.05, 3.63) is 0 Å². The van der Waals surface area contributed by atoms with Crippen molar-refractivity contribution < 1.29 is 23.1 Å². The lowest BCUT2D eigenvalue weighted by Crippen LogP contribution is -2.47. The maximum absolute atomic E-state index is 11.3. The van der Waals surface area contributed by atoms with Crippen LogP contribution in [0.15, 0.2) is 0 Å². The fraction of sp³-hybridized carbons (Fsp3) is 0.889. The van der Waals surface area contributed by atoms with Crippen molar-refractivity contribution in [3.8, 4) is 0 Å². The van der Waals surface area contributed by atoms with Gasteiger partial charge < -0.3 is 9.84 Å². The largest absolute Gasteiger partial charge is 0.465 e. The molecule has 16 heavy (non-hydrogen) atoms. The average molecular weight is 251 g/mol. The highest BCUT2D eigenvalue weighted by atomic mass is 32.2. The van der Waals surface area contributed by atoms with E-state index in [0.717, 1.165) is 0 Å². The molecule has 1 aliphatic rings. The second-order valence-corrected chi connectivity index (χ2v) is 6.04. The summed E-state index contributed by atoms with van der Waals surface area (Å²) in [4.78, 5) is 11.3. The van der Waals surface area contributed by atoms with Crippen LogP contribution in [0.5, 0.6) is 0 Å². The zero-order chi connectivity index (χ0) is 12.3. The van der Waals surface area contributed by atoms with E-state index in [9.17, 15) is 18.3 Å². The zero-order valence-corrected chi connectivity index (χ0v) is 10.2. The molecule has 3 atom stereocenters. The SMILES string of the molecule is CCOC(=O)C(C)NC1CS(=O)(=O)CC1O. The Morgan fingerprint density at radius 1 is 1.56 bits per heavy atom. The Bertz CT molecular complexity index is 353. The van der Waals surface area contributed by atoms with E-state index in [1.807, 2.05) is 0 Å². The zero-order valence-electron chi connectivity index (χ0n) is 9.34. The van der Waals surface area contributed by atoms with Gasteiger partial charge in [0.2, 0.25) is 0 Å². The third kappa shape index (κ3) is 3.43. The molecule has 0 amide bonds. The van der Waals surface area contributed by atoms with Gasteiger partial charge in [0.25, 0.3) is 0 Å². The van der Waals surface area contributed by atoms with E-state index >= 15 is 0 Å². The van der Waals surface area contributed by atoms with Gasteiger partial charge in [-0.2, -0.15) is 0 Å². The Kier molecular flexibility index (Phi) is 4.28. The molecule has 0 saturated carbocycles. The first-order chi connectivity index (χ1) is 7.35. The maximum atomic E-state index is 11.3. The smallest absolute Gasteiger partial charge is 0.322 e. The first kappa shape index (κ1) is 13.4. The number of ether oxygens (including phenoxy) is 1. The van der Waals surface area contributed by atoms with E-state index in [4.69, 9.17) is 4.74 Å². The van der Waals surface area contributed by atoms with Crippen LogP contribution in [0.25, 0.3) is 0 Å². The molecule has 0 spiro atoms. The quantitative estimate of drug-likeness (QED) is 0.602. The minimum atomic E-state index is -3.19. The number of carbonyl (C=O) groups excluding carboxylic acids is 1. The standard InChI is InChI=1S/C9H17NO5S/c1-3-15-9(12)6(2)10-7-4-16(13,14)5-8(7)11/h6-8,10-11H,3-5H2,1-2H3. The van der Waals surface area contributed by atoms with Crippen molar-refractivity contribution in [3.63, 3.8) is 0 Å². The molecular weight excluding hydrogens is 234 g/mol. The molecule has 1 rings (SSSR count). The van der Waals surface area contributed by atoms with Gasteiger partial charge in [0, 0.05) is 6.04 Å². The Hall–Kier alpha value is -0.660. The van der Waals surface area contributed by atoms with E-state index in [1.165, 1.54) is 0 Å². The highest BCUT2D eigenvalue weighted by Gasteiger charge is 2.37. The summed E-state index contributed by atoms with van der Waals surface area (Å²) in [5.74, 6) is -0.836. The van der Waals surface area contributed by atoms with Gasteiger partial charge in [-0.05, 0) is 13.8 Å². The number of hydrogen-bond acceptors (Lipinski definition) is 6. The van der Waals surface area contributed by atoms with Crippen molar-refractivity contribution in [2.24, 2.45) is 0 Å². The summed E-state index contributed by atoms with van der Waals surface area (Å²) < 4.78 is 27.2. The lowest BCUT2D eigenvalue weighted by atomic mass is 10.2. The van der Waals surface area contributed by atoms with E-state index in [0.29, 0.717) is 0 Å². The Labute approximate surface area is 94.9 Å². The van der Waals surface area contributed by atoms with Gasteiger partial charge in [-0.25, -0.2) is 8.42 Å². The fourth-order valence-electron chi connectivity index (χ4n) is 1.64. The fourth-order valence-corrected chi connectivity index (χ4v) is 3.40. The lowest BCUT2D eigenvalue weighted by Gasteiger charge is -2.19. The van der Waals surface area contributed by atoms with E-state index < -0.39 is 34.0 Å². The second-order valence-electron chi connectivity index (χ2n) is 3.89. The molecule has 0 aliphatic carbocycles. The van der Waals surface area contributed by atoms with Crippen LogP contribution in [0.2, 0.25) is 0 Å². The molecule has 7 heteroatoms. The van der Waals surface area contributed by atoms with E-state index in [-0.39, 0.29) is 18.1 Å². The number of rotatable bonds is 4. The van der Waals surface area contributed by atoms with Crippen molar-refractivity contribution in [1.29, 1.82) is 0 Å². The van der Waals surface area contributed by atoms with Gasteiger partial charge >= 0.3 is 5.97 Å². The van der Waals surface area contributed by atoms with E-state index in [2.05, 4.69) is 5.32 Å². The predicted molar refractivity (Wildman–Crippen MR) is 57.7 cm³/mol. The number of carbonyl (C=O) groups is 1. The summed E-state index contributed by atoms with van der Waals surface area (Å²) in [6.45, 7) is 3.55. The number of hydrogen-bond donors (Lipinski definition) is 2. The van der Waals surface area contributed by atoms with Crippen LogP contribution in [0.4, 0.5) is 0 Å². The molecular formula is C9H17NO5S. The third-order valence-electron chi connectivity index (χ3n) is 2.43. The highest BCUT2D eigenvalue weighted by molar-refractivity contribution is 7.91. The van der Waals surface area contributed by atoms with Gasteiger partial charge in [0.15, 0.2) is 9.84 Å². The van der Waals surface area contributed by atoms with Crippen molar-refractivity contribution in [2.75, 3.05) is 18.1 Å². The van der Waals surface area contributed by atoms with E-state index in [1.54, 1.807) is 13.8 Å². The lowest BCUT2D eigenvalue weighted by molar-refractivity contribution is -0.145. The average Bonchev–Trinajstić information content (AvgIpc) is 2.40. The van der Waals surface area contributed by atoms with Crippen LogP contribution in [-0.4, -0.2) is 55.8 Å².